The number of nitrogens with zero attached hydrogens (tertiary/aromatic N) is 1. The minimum absolute atomic E-state index is 0.0286. The highest BCUT2D eigenvalue weighted by atomic mass is 79.9. The Morgan fingerprint density at radius 2 is 0.647 bits per heavy atom. The molecule has 0 heterocycles. The van der Waals surface area contributed by atoms with Crippen molar-refractivity contribution in [3.05, 3.63) is 330 Å². The fourth-order valence-electron chi connectivity index (χ4n) is 13.1. The third-order valence-corrected chi connectivity index (χ3v) is 18.1. The number of benzene rings is 14. The van der Waals surface area contributed by atoms with Crippen LogP contribution in [-0.4, -0.2) is 0 Å². The maximum absolute atomic E-state index is 3.58. The first-order valence-corrected chi connectivity index (χ1v) is 30.2. The first kappa shape index (κ1) is 53.2. The molecule has 16 rings (SSSR count). The van der Waals surface area contributed by atoms with E-state index in [1.165, 1.54) is 116 Å². The summed E-state index contributed by atoms with van der Waals surface area (Å²) < 4.78 is 1.13. The molecule has 0 radical (unpaired) electrons. The lowest BCUT2D eigenvalue weighted by Crippen LogP contribution is -2.16. The average molecular weight is 1160 g/mol. The van der Waals surface area contributed by atoms with Gasteiger partial charge in [0.1, 0.15) is 0 Å². The van der Waals surface area contributed by atoms with Gasteiger partial charge in [0.05, 0.1) is 0 Å². The third kappa shape index (κ3) is 10.0. The molecule has 0 amide bonds. The van der Waals surface area contributed by atoms with Crippen molar-refractivity contribution in [2.75, 3.05) is 10.2 Å². The van der Waals surface area contributed by atoms with Gasteiger partial charge in [-0.15, -0.1) is 0 Å². The van der Waals surface area contributed by atoms with Gasteiger partial charge in [0.15, 0.2) is 0 Å². The third-order valence-electron chi connectivity index (χ3n) is 17.6. The summed E-state index contributed by atoms with van der Waals surface area (Å²) in [7, 11) is 0. The standard InChI is InChI=1S/C41H31N.C27H23N.C14H9Br/c1-41(2)39-15-9-8-14-36(39)37-25-24-34(27-40(37)41)42(32-21-18-29(19-22-32)28-10-4-3-5-11-28)33-23-20-31-17-16-30-12-6-7-13-35(30)38(31)26-33;1-27(2)25-11-7-6-10-23(25)24-17-16-22(18-26(24)27)28-21-14-12-20(13-15-21)19-8-4-3-5-9-19;15-12-8-7-11-6-5-10-3-1-2-4-13(10)14(11)9-12/h3-27H,1-2H3;3-18,28H,1-2H3;1-9H. The van der Waals surface area contributed by atoms with Crippen LogP contribution in [0.15, 0.2) is 308 Å². The first-order chi connectivity index (χ1) is 41.5. The molecule has 0 spiro atoms. The molecule has 0 saturated carbocycles. The largest absolute Gasteiger partial charge is 0.356 e. The second kappa shape index (κ2) is 22.1. The average Bonchev–Trinajstić information content (AvgIpc) is 2.07. The lowest BCUT2D eigenvalue weighted by atomic mass is 9.82. The number of fused-ring (bicyclic) bond motifs is 12. The predicted molar refractivity (Wildman–Crippen MR) is 367 cm³/mol. The minimum Gasteiger partial charge on any atom is -0.356 e. The van der Waals surface area contributed by atoms with E-state index in [1.54, 1.807) is 0 Å². The van der Waals surface area contributed by atoms with Gasteiger partial charge in [-0.2, -0.15) is 0 Å². The molecule has 0 saturated heterocycles. The Hall–Kier alpha value is -9.80. The van der Waals surface area contributed by atoms with Crippen LogP contribution in [0.4, 0.5) is 28.4 Å². The van der Waals surface area contributed by atoms with Gasteiger partial charge in [0.2, 0.25) is 0 Å². The highest BCUT2D eigenvalue weighted by Crippen LogP contribution is 2.52. The quantitative estimate of drug-likeness (QED) is 0.160. The maximum atomic E-state index is 3.58. The molecule has 0 fully saturated rings. The molecule has 0 bridgehead atoms. The number of anilines is 5. The summed E-state index contributed by atoms with van der Waals surface area (Å²) in [6, 6.07) is 109. The van der Waals surface area contributed by atoms with Crippen molar-refractivity contribution in [3.63, 3.8) is 0 Å². The monoisotopic (exact) mass is 1150 g/mol. The van der Waals surface area contributed by atoms with E-state index in [1.807, 2.05) is 6.07 Å². The van der Waals surface area contributed by atoms with Crippen LogP contribution in [-0.2, 0) is 10.8 Å². The molecular weight excluding hydrogens is 1090 g/mol. The zero-order chi connectivity index (χ0) is 57.7. The topological polar surface area (TPSA) is 15.3 Å². The van der Waals surface area contributed by atoms with Crippen LogP contribution in [0.3, 0.4) is 0 Å². The molecule has 2 aliphatic carbocycles. The van der Waals surface area contributed by atoms with Crippen molar-refractivity contribution in [2.24, 2.45) is 0 Å². The number of nitrogens with one attached hydrogen (secondary N) is 1. The molecule has 0 aromatic heterocycles. The fourth-order valence-corrected chi connectivity index (χ4v) is 13.5. The Morgan fingerprint density at radius 3 is 1.22 bits per heavy atom. The van der Waals surface area contributed by atoms with Crippen molar-refractivity contribution < 1.29 is 0 Å². The van der Waals surface area contributed by atoms with E-state index >= 15 is 0 Å². The van der Waals surface area contributed by atoms with E-state index in [4.69, 9.17) is 0 Å². The van der Waals surface area contributed by atoms with Crippen molar-refractivity contribution in [1.29, 1.82) is 0 Å². The lowest BCUT2D eigenvalue weighted by molar-refractivity contribution is 0.660. The van der Waals surface area contributed by atoms with Crippen LogP contribution >= 0.6 is 15.9 Å². The SMILES string of the molecule is Brc1ccc2ccc3ccccc3c2c1.CC1(C)c2ccccc2-c2ccc(N(c3ccc(-c4ccccc4)cc3)c3ccc4ccc5ccccc5c4c3)cc21.CC1(C)c2ccccc2-c2ccc(Nc3ccc(-c4ccccc4)cc3)cc21. The molecule has 14 aromatic carbocycles. The molecule has 0 unspecified atom stereocenters. The molecule has 3 heteroatoms. The van der Waals surface area contributed by atoms with E-state index in [0.29, 0.717) is 0 Å². The summed E-state index contributed by atoms with van der Waals surface area (Å²) in [6.07, 6.45) is 0. The molecule has 14 aromatic rings. The van der Waals surface area contributed by atoms with E-state index < -0.39 is 0 Å². The normalized spacial score (nSPS) is 13.0. The fraction of sp³-hybridized carbons (Fsp3) is 0.0732. The summed E-state index contributed by atoms with van der Waals surface area (Å²) in [5.41, 5.74) is 21.5. The second-order valence-electron chi connectivity index (χ2n) is 23.5. The van der Waals surface area contributed by atoms with E-state index in [0.717, 1.165) is 27.2 Å². The molecule has 408 valence electrons. The van der Waals surface area contributed by atoms with Crippen LogP contribution in [0.5, 0.6) is 0 Å². The van der Waals surface area contributed by atoms with Gasteiger partial charge in [-0.3, -0.25) is 0 Å². The molecular formula is C82H63BrN2. The van der Waals surface area contributed by atoms with E-state index in [9.17, 15) is 0 Å². The van der Waals surface area contributed by atoms with Gasteiger partial charge in [0, 0.05) is 43.7 Å². The molecule has 1 N–H and O–H groups in total. The van der Waals surface area contributed by atoms with Gasteiger partial charge in [-0.1, -0.05) is 274 Å². The predicted octanol–water partition coefficient (Wildman–Crippen LogP) is 23.6. The van der Waals surface area contributed by atoms with Crippen LogP contribution in [0, 0.1) is 0 Å². The molecule has 2 aliphatic rings. The van der Waals surface area contributed by atoms with Crippen molar-refractivity contribution in [1.82, 2.24) is 0 Å². The maximum Gasteiger partial charge on any atom is 0.0468 e. The Kier molecular flexibility index (Phi) is 13.8. The van der Waals surface area contributed by atoms with Crippen LogP contribution in [0.1, 0.15) is 49.9 Å². The molecule has 0 aliphatic heterocycles. The van der Waals surface area contributed by atoms with Gasteiger partial charge >= 0.3 is 0 Å². The number of halogens is 1. The Balaban J connectivity index is 0.000000127. The Bertz CT molecular complexity index is 4790. The summed E-state index contributed by atoms with van der Waals surface area (Å²) in [4.78, 5) is 2.41. The number of rotatable bonds is 7. The summed E-state index contributed by atoms with van der Waals surface area (Å²) in [6.45, 7) is 9.33. The first-order valence-electron chi connectivity index (χ1n) is 29.4. The summed E-state index contributed by atoms with van der Waals surface area (Å²) in [5, 5.41) is 13.8. The number of hydrogen-bond donors (Lipinski definition) is 1. The number of hydrogen-bond acceptors (Lipinski definition) is 2. The van der Waals surface area contributed by atoms with Crippen molar-refractivity contribution >= 4 is 87.5 Å². The van der Waals surface area contributed by atoms with Crippen molar-refractivity contribution in [3.8, 4) is 44.5 Å². The minimum atomic E-state index is -0.0651. The zero-order valence-corrected chi connectivity index (χ0v) is 49.8. The van der Waals surface area contributed by atoms with Gasteiger partial charge < -0.3 is 10.2 Å². The summed E-state index contributed by atoms with van der Waals surface area (Å²) in [5.74, 6) is 0. The molecule has 85 heavy (non-hydrogen) atoms. The van der Waals surface area contributed by atoms with Gasteiger partial charge in [-0.05, 0) is 183 Å². The highest BCUT2D eigenvalue weighted by molar-refractivity contribution is 9.10. The van der Waals surface area contributed by atoms with Crippen LogP contribution in [0.2, 0.25) is 0 Å². The van der Waals surface area contributed by atoms with Crippen molar-refractivity contribution in [2.45, 2.75) is 38.5 Å². The van der Waals surface area contributed by atoms with Crippen LogP contribution < -0.4 is 10.2 Å². The van der Waals surface area contributed by atoms with Gasteiger partial charge in [0.25, 0.3) is 0 Å². The molecule has 2 nitrogen and oxygen atoms in total. The zero-order valence-electron chi connectivity index (χ0n) is 48.2. The van der Waals surface area contributed by atoms with E-state index in [-0.39, 0.29) is 10.8 Å². The second-order valence-corrected chi connectivity index (χ2v) is 24.4. The smallest absolute Gasteiger partial charge is 0.0468 e. The summed E-state index contributed by atoms with van der Waals surface area (Å²) >= 11 is 3.52. The Labute approximate surface area is 507 Å². The van der Waals surface area contributed by atoms with Gasteiger partial charge in [-0.25, -0.2) is 0 Å². The highest BCUT2D eigenvalue weighted by Gasteiger charge is 2.37. The van der Waals surface area contributed by atoms with E-state index in [2.05, 4.69) is 351 Å². The Morgan fingerprint density at radius 1 is 0.271 bits per heavy atom. The lowest BCUT2D eigenvalue weighted by Gasteiger charge is -2.28. The molecule has 0 atom stereocenters. The van der Waals surface area contributed by atoms with Crippen LogP contribution in [0.25, 0.3) is 87.6 Å².